The minimum atomic E-state index is -4.43. The Morgan fingerprint density at radius 3 is 2.47 bits per heavy atom. The van der Waals surface area contributed by atoms with Crippen molar-refractivity contribution in [2.24, 2.45) is 0 Å². The SMILES string of the molecule is Cc1ccnc(N(CC(F)(F)F)C(C)C)c1C(=O)O. The normalized spacial score (nSPS) is 11.7. The summed E-state index contributed by atoms with van der Waals surface area (Å²) in [5, 5.41) is 9.13. The van der Waals surface area contributed by atoms with Gasteiger partial charge in [-0.3, -0.25) is 0 Å². The summed E-state index contributed by atoms with van der Waals surface area (Å²) in [4.78, 5) is 15.9. The van der Waals surface area contributed by atoms with Gasteiger partial charge >= 0.3 is 12.1 Å². The summed E-state index contributed by atoms with van der Waals surface area (Å²) in [6.07, 6.45) is -3.12. The first kappa shape index (κ1) is 15.3. The third-order valence-electron chi connectivity index (χ3n) is 2.60. The maximum absolute atomic E-state index is 12.6. The highest BCUT2D eigenvalue weighted by Gasteiger charge is 2.34. The molecule has 0 radical (unpaired) electrons. The average Bonchev–Trinajstić information content (AvgIpc) is 2.23. The summed E-state index contributed by atoms with van der Waals surface area (Å²) in [7, 11) is 0. The molecule has 0 unspecified atom stereocenters. The van der Waals surface area contributed by atoms with Crippen LogP contribution in [-0.4, -0.2) is 34.8 Å². The molecule has 4 nitrogen and oxygen atoms in total. The van der Waals surface area contributed by atoms with Crippen LogP contribution in [0, 0.1) is 6.92 Å². The van der Waals surface area contributed by atoms with Crippen molar-refractivity contribution in [1.29, 1.82) is 0 Å². The highest BCUT2D eigenvalue weighted by Crippen LogP contribution is 2.27. The van der Waals surface area contributed by atoms with Gasteiger partial charge in [0.05, 0.1) is 0 Å². The van der Waals surface area contributed by atoms with Gasteiger partial charge in [0, 0.05) is 12.2 Å². The molecule has 1 N–H and O–H groups in total. The lowest BCUT2D eigenvalue weighted by Crippen LogP contribution is -2.40. The minimum Gasteiger partial charge on any atom is -0.478 e. The van der Waals surface area contributed by atoms with Crippen LogP contribution in [0.5, 0.6) is 0 Å². The van der Waals surface area contributed by atoms with Crippen LogP contribution in [0.1, 0.15) is 29.8 Å². The summed E-state index contributed by atoms with van der Waals surface area (Å²) >= 11 is 0. The molecular formula is C12H15F3N2O2. The van der Waals surface area contributed by atoms with Crippen molar-refractivity contribution in [3.05, 3.63) is 23.4 Å². The highest BCUT2D eigenvalue weighted by atomic mass is 19.4. The second-order valence-electron chi connectivity index (χ2n) is 4.47. The molecule has 0 saturated carbocycles. The first-order chi connectivity index (χ1) is 8.63. The molecule has 1 aromatic heterocycles. The highest BCUT2D eigenvalue weighted by molar-refractivity contribution is 5.95. The number of rotatable bonds is 4. The first-order valence-electron chi connectivity index (χ1n) is 5.65. The van der Waals surface area contributed by atoms with Crippen molar-refractivity contribution in [2.75, 3.05) is 11.4 Å². The number of pyridine rings is 1. The maximum atomic E-state index is 12.6. The number of alkyl halides is 3. The molecule has 0 bridgehead atoms. The van der Waals surface area contributed by atoms with Crippen LogP contribution in [0.3, 0.4) is 0 Å². The fraction of sp³-hybridized carbons (Fsp3) is 0.500. The molecule has 0 spiro atoms. The van der Waals surface area contributed by atoms with E-state index in [0.29, 0.717) is 5.56 Å². The fourth-order valence-corrected chi connectivity index (χ4v) is 1.72. The molecule has 7 heteroatoms. The predicted molar refractivity (Wildman–Crippen MR) is 64.5 cm³/mol. The molecule has 0 atom stereocenters. The fourth-order valence-electron chi connectivity index (χ4n) is 1.72. The zero-order valence-corrected chi connectivity index (χ0v) is 10.8. The Balaban J connectivity index is 3.31. The molecule has 0 aliphatic carbocycles. The lowest BCUT2D eigenvalue weighted by Gasteiger charge is -2.30. The van der Waals surface area contributed by atoms with E-state index in [4.69, 9.17) is 5.11 Å². The monoisotopic (exact) mass is 276 g/mol. The number of carbonyl (C=O) groups is 1. The maximum Gasteiger partial charge on any atom is 0.405 e. The van der Waals surface area contributed by atoms with Gasteiger partial charge in [0.15, 0.2) is 0 Å². The van der Waals surface area contributed by atoms with Gasteiger partial charge in [-0.1, -0.05) is 0 Å². The van der Waals surface area contributed by atoms with Gasteiger partial charge < -0.3 is 10.0 Å². The molecule has 106 valence electrons. The first-order valence-corrected chi connectivity index (χ1v) is 5.65. The second kappa shape index (κ2) is 5.46. The number of carboxylic acid groups (broad SMARTS) is 1. The molecule has 0 fully saturated rings. The Hall–Kier alpha value is -1.79. The van der Waals surface area contributed by atoms with E-state index in [1.165, 1.54) is 19.2 Å². The molecule has 0 aromatic carbocycles. The lowest BCUT2D eigenvalue weighted by molar-refractivity contribution is -0.120. The topological polar surface area (TPSA) is 53.4 Å². The second-order valence-corrected chi connectivity index (χ2v) is 4.47. The zero-order chi connectivity index (χ0) is 14.8. The van der Waals surface area contributed by atoms with E-state index in [2.05, 4.69) is 4.98 Å². The minimum absolute atomic E-state index is 0.153. The summed E-state index contributed by atoms with van der Waals surface area (Å²) < 4.78 is 37.7. The molecule has 1 rings (SSSR count). The Bertz CT molecular complexity index is 473. The van der Waals surface area contributed by atoms with E-state index >= 15 is 0 Å². The molecule has 0 aliphatic heterocycles. The largest absolute Gasteiger partial charge is 0.478 e. The quantitative estimate of drug-likeness (QED) is 0.918. The third kappa shape index (κ3) is 3.84. The number of aromatic nitrogens is 1. The molecule has 1 aromatic rings. The van der Waals surface area contributed by atoms with E-state index in [1.807, 2.05) is 0 Å². The number of anilines is 1. The van der Waals surface area contributed by atoms with Crippen molar-refractivity contribution >= 4 is 11.8 Å². The molecule has 0 amide bonds. The van der Waals surface area contributed by atoms with Crippen molar-refractivity contribution < 1.29 is 23.1 Å². The number of carboxylic acids is 1. The number of nitrogens with zero attached hydrogens (tertiary/aromatic N) is 2. The van der Waals surface area contributed by atoms with E-state index in [-0.39, 0.29) is 11.4 Å². The smallest absolute Gasteiger partial charge is 0.405 e. The molecule has 0 saturated heterocycles. The predicted octanol–water partition coefficient (Wildman–Crippen LogP) is 2.87. The van der Waals surface area contributed by atoms with Crippen LogP contribution in [0.25, 0.3) is 0 Å². The number of hydrogen-bond acceptors (Lipinski definition) is 3. The van der Waals surface area contributed by atoms with Crippen molar-refractivity contribution in [3.8, 4) is 0 Å². The van der Waals surface area contributed by atoms with Crippen LogP contribution in [0.2, 0.25) is 0 Å². The number of aromatic carboxylic acids is 1. The van der Waals surface area contributed by atoms with Gasteiger partial charge in [0.25, 0.3) is 0 Å². The molecule has 1 heterocycles. The Morgan fingerprint density at radius 1 is 1.47 bits per heavy atom. The Morgan fingerprint density at radius 2 is 2.05 bits per heavy atom. The van der Waals surface area contributed by atoms with Crippen molar-refractivity contribution in [3.63, 3.8) is 0 Å². The summed E-state index contributed by atoms with van der Waals surface area (Å²) in [5.74, 6) is -1.44. The Labute approximate surface area is 108 Å². The number of hydrogen-bond donors (Lipinski definition) is 1. The summed E-state index contributed by atoms with van der Waals surface area (Å²) in [6.45, 7) is 3.41. The van der Waals surface area contributed by atoms with E-state index in [9.17, 15) is 18.0 Å². The van der Waals surface area contributed by atoms with Crippen LogP contribution in [0.15, 0.2) is 12.3 Å². The Kier molecular flexibility index (Phi) is 4.39. The van der Waals surface area contributed by atoms with Gasteiger partial charge in [-0.15, -0.1) is 0 Å². The van der Waals surface area contributed by atoms with E-state index in [1.54, 1.807) is 13.8 Å². The number of halogens is 3. The summed E-state index contributed by atoms with van der Waals surface area (Å²) in [5.41, 5.74) is 0.186. The van der Waals surface area contributed by atoms with E-state index < -0.39 is 24.7 Å². The number of aryl methyl sites for hydroxylation is 1. The molecule has 19 heavy (non-hydrogen) atoms. The van der Waals surface area contributed by atoms with Gasteiger partial charge in [-0.05, 0) is 32.4 Å². The van der Waals surface area contributed by atoms with Gasteiger partial charge in [0.1, 0.15) is 17.9 Å². The van der Waals surface area contributed by atoms with Gasteiger partial charge in [-0.2, -0.15) is 13.2 Å². The zero-order valence-electron chi connectivity index (χ0n) is 10.8. The molecular weight excluding hydrogens is 261 g/mol. The van der Waals surface area contributed by atoms with Crippen molar-refractivity contribution in [2.45, 2.75) is 33.0 Å². The van der Waals surface area contributed by atoms with Crippen molar-refractivity contribution in [1.82, 2.24) is 4.98 Å². The van der Waals surface area contributed by atoms with Crippen LogP contribution in [0.4, 0.5) is 19.0 Å². The molecule has 0 aliphatic rings. The van der Waals surface area contributed by atoms with Crippen LogP contribution in [-0.2, 0) is 0 Å². The standard InChI is InChI=1S/C12H15F3N2O2/c1-7(2)17(6-12(13,14)15)10-9(11(18)19)8(3)4-5-16-10/h4-5,7H,6H2,1-3H3,(H,18,19). The average molecular weight is 276 g/mol. The van der Waals surface area contributed by atoms with E-state index in [0.717, 1.165) is 4.90 Å². The lowest BCUT2D eigenvalue weighted by atomic mass is 10.1. The van der Waals surface area contributed by atoms with Crippen LogP contribution < -0.4 is 4.90 Å². The van der Waals surface area contributed by atoms with Crippen LogP contribution >= 0.6 is 0 Å². The van der Waals surface area contributed by atoms with Gasteiger partial charge in [0.2, 0.25) is 0 Å². The summed E-state index contributed by atoms with van der Waals surface area (Å²) in [6, 6.07) is 0.938. The van der Waals surface area contributed by atoms with Gasteiger partial charge in [-0.25, -0.2) is 9.78 Å². The third-order valence-corrected chi connectivity index (χ3v) is 2.60.